The number of hydrogen-bond donors (Lipinski definition) is 1. The summed E-state index contributed by atoms with van der Waals surface area (Å²) in [6.45, 7) is 3.60. The summed E-state index contributed by atoms with van der Waals surface area (Å²) in [6.07, 6.45) is 2.72. The zero-order valence-electron chi connectivity index (χ0n) is 11.7. The molecule has 2 unspecified atom stereocenters. The topological polar surface area (TPSA) is 46.3 Å². The number of hydrogen-bond acceptors (Lipinski definition) is 2. The Labute approximate surface area is 135 Å². The average Bonchev–Trinajstić information content (AvgIpc) is 2.38. The van der Waals surface area contributed by atoms with Gasteiger partial charge in [-0.1, -0.05) is 35.0 Å². The molecule has 1 heterocycles. The van der Waals surface area contributed by atoms with Crippen molar-refractivity contribution < 1.29 is 4.79 Å². The molecule has 0 saturated carbocycles. The largest absolute Gasteiger partial charge is 0.338 e. The molecule has 1 aliphatic heterocycles. The third-order valence-corrected chi connectivity index (χ3v) is 4.42. The molecule has 0 radical (unpaired) electrons. The maximum atomic E-state index is 12.4. The van der Waals surface area contributed by atoms with Gasteiger partial charge in [0.15, 0.2) is 0 Å². The normalized spacial score (nSPS) is 22.2. The Morgan fingerprint density at radius 2 is 2.25 bits per heavy atom. The lowest BCUT2D eigenvalue weighted by molar-refractivity contribution is -0.135. The van der Waals surface area contributed by atoms with Crippen molar-refractivity contribution in [2.24, 2.45) is 11.7 Å². The van der Waals surface area contributed by atoms with Crippen LogP contribution in [0.3, 0.4) is 0 Å². The highest BCUT2D eigenvalue weighted by Crippen LogP contribution is 2.23. The highest BCUT2D eigenvalue weighted by Gasteiger charge is 2.30. The van der Waals surface area contributed by atoms with Gasteiger partial charge in [-0.3, -0.25) is 4.79 Å². The summed E-state index contributed by atoms with van der Waals surface area (Å²) in [5, 5.41) is 0. The van der Waals surface area contributed by atoms with Gasteiger partial charge in [0.25, 0.3) is 0 Å². The Kier molecular flexibility index (Phi) is 7.00. The van der Waals surface area contributed by atoms with E-state index in [4.69, 9.17) is 5.73 Å². The molecule has 1 aromatic rings. The molecule has 1 saturated heterocycles. The molecule has 5 heteroatoms. The maximum Gasteiger partial charge on any atom is 0.227 e. The predicted molar refractivity (Wildman–Crippen MR) is 88.0 cm³/mol. The van der Waals surface area contributed by atoms with E-state index in [1.54, 1.807) is 0 Å². The van der Waals surface area contributed by atoms with E-state index in [1.165, 1.54) is 6.42 Å². The molecule has 0 bridgehead atoms. The van der Waals surface area contributed by atoms with Gasteiger partial charge < -0.3 is 10.6 Å². The van der Waals surface area contributed by atoms with Crippen molar-refractivity contribution in [1.29, 1.82) is 0 Å². The number of nitrogens with two attached hydrogens (primary N) is 1. The summed E-state index contributed by atoms with van der Waals surface area (Å²) >= 11 is 3.44. The number of benzene rings is 1. The average molecular weight is 362 g/mol. The van der Waals surface area contributed by atoms with E-state index in [0.29, 0.717) is 18.9 Å². The summed E-state index contributed by atoms with van der Waals surface area (Å²) in [5.74, 6) is 0.699. The number of halogens is 2. The summed E-state index contributed by atoms with van der Waals surface area (Å²) < 4.78 is 1.01. The van der Waals surface area contributed by atoms with Gasteiger partial charge in [0.05, 0.1) is 6.42 Å². The Bertz CT molecular complexity index is 455. The lowest BCUT2D eigenvalue weighted by Crippen LogP contribution is -2.51. The van der Waals surface area contributed by atoms with Crippen LogP contribution in [0.2, 0.25) is 0 Å². The first-order chi connectivity index (χ1) is 9.11. The number of carbonyl (C=O) groups excluding carboxylic acids is 1. The van der Waals surface area contributed by atoms with Crippen molar-refractivity contribution in [2.45, 2.75) is 32.2 Å². The first-order valence-electron chi connectivity index (χ1n) is 6.86. The van der Waals surface area contributed by atoms with E-state index in [-0.39, 0.29) is 24.4 Å². The monoisotopic (exact) mass is 360 g/mol. The summed E-state index contributed by atoms with van der Waals surface area (Å²) in [7, 11) is 0. The van der Waals surface area contributed by atoms with Crippen LogP contribution >= 0.6 is 28.3 Å². The number of nitrogens with zero attached hydrogens (tertiary/aromatic N) is 1. The Morgan fingerprint density at radius 3 is 2.90 bits per heavy atom. The van der Waals surface area contributed by atoms with E-state index in [1.807, 2.05) is 29.2 Å². The van der Waals surface area contributed by atoms with Gasteiger partial charge >= 0.3 is 0 Å². The fourth-order valence-corrected chi connectivity index (χ4v) is 3.29. The summed E-state index contributed by atoms with van der Waals surface area (Å²) in [5.41, 5.74) is 6.89. The molecule has 2 N–H and O–H groups in total. The van der Waals surface area contributed by atoms with Gasteiger partial charge in [-0.25, -0.2) is 0 Å². The molecule has 1 aromatic carbocycles. The molecular formula is C15H22BrClN2O. The van der Waals surface area contributed by atoms with Crippen molar-refractivity contribution >= 4 is 34.2 Å². The van der Waals surface area contributed by atoms with Crippen molar-refractivity contribution in [1.82, 2.24) is 4.90 Å². The molecule has 1 aliphatic rings. The summed E-state index contributed by atoms with van der Waals surface area (Å²) in [4.78, 5) is 14.4. The third kappa shape index (κ3) is 4.21. The number of likely N-dealkylation sites (tertiary alicyclic amines) is 1. The molecule has 20 heavy (non-hydrogen) atoms. The predicted octanol–water partition coefficient (Wildman–Crippen LogP) is 3.00. The Balaban J connectivity index is 0.00000200. The molecular weight excluding hydrogens is 340 g/mol. The molecule has 0 aliphatic carbocycles. The van der Waals surface area contributed by atoms with Crippen LogP contribution in [0.15, 0.2) is 28.7 Å². The second-order valence-electron chi connectivity index (χ2n) is 5.32. The fraction of sp³-hybridized carbons (Fsp3) is 0.533. The standard InChI is InChI=1S/C15H21BrN2O.ClH/c1-11-4-3-7-18(14(11)10-17)15(19)9-12-5-2-6-13(16)8-12;/h2,5-6,8,11,14H,3-4,7,9-10,17H2,1H3;1H. The van der Waals surface area contributed by atoms with Crippen LogP contribution in [0.4, 0.5) is 0 Å². The molecule has 2 rings (SSSR count). The smallest absolute Gasteiger partial charge is 0.227 e. The lowest BCUT2D eigenvalue weighted by atomic mass is 9.90. The van der Waals surface area contributed by atoms with Crippen molar-refractivity contribution in [3.8, 4) is 0 Å². The van der Waals surface area contributed by atoms with E-state index in [9.17, 15) is 4.79 Å². The van der Waals surface area contributed by atoms with E-state index >= 15 is 0 Å². The molecule has 3 nitrogen and oxygen atoms in total. The lowest BCUT2D eigenvalue weighted by Gasteiger charge is -2.39. The van der Waals surface area contributed by atoms with Gasteiger partial charge in [-0.2, -0.15) is 0 Å². The van der Waals surface area contributed by atoms with Gasteiger partial charge in [-0.15, -0.1) is 12.4 Å². The molecule has 0 spiro atoms. The van der Waals surface area contributed by atoms with E-state index < -0.39 is 0 Å². The van der Waals surface area contributed by atoms with Crippen LogP contribution in [-0.4, -0.2) is 29.9 Å². The van der Waals surface area contributed by atoms with Gasteiger partial charge in [-0.05, 0) is 36.5 Å². The minimum atomic E-state index is 0. The number of amides is 1. The van der Waals surface area contributed by atoms with Crippen LogP contribution in [0.1, 0.15) is 25.3 Å². The van der Waals surface area contributed by atoms with Crippen LogP contribution < -0.4 is 5.73 Å². The molecule has 2 atom stereocenters. The highest BCUT2D eigenvalue weighted by molar-refractivity contribution is 9.10. The highest BCUT2D eigenvalue weighted by atomic mass is 79.9. The number of carbonyl (C=O) groups is 1. The summed E-state index contributed by atoms with van der Waals surface area (Å²) in [6, 6.07) is 8.13. The van der Waals surface area contributed by atoms with Crippen LogP contribution in [0, 0.1) is 5.92 Å². The first-order valence-corrected chi connectivity index (χ1v) is 7.65. The second kappa shape index (κ2) is 8.01. The second-order valence-corrected chi connectivity index (χ2v) is 6.23. The molecule has 112 valence electrons. The van der Waals surface area contributed by atoms with Crippen LogP contribution in [0.5, 0.6) is 0 Å². The fourth-order valence-electron chi connectivity index (χ4n) is 2.84. The van der Waals surface area contributed by atoms with Crippen molar-refractivity contribution in [3.63, 3.8) is 0 Å². The van der Waals surface area contributed by atoms with E-state index in [2.05, 4.69) is 22.9 Å². The van der Waals surface area contributed by atoms with E-state index in [0.717, 1.165) is 23.0 Å². The SMILES string of the molecule is CC1CCCN(C(=O)Cc2cccc(Br)c2)C1CN.Cl. The van der Waals surface area contributed by atoms with Gasteiger partial charge in [0.1, 0.15) is 0 Å². The maximum absolute atomic E-state index is 12.4. The van der Waals surface area contributed by atoms with Crippen molar-refractivity contribution in [3.05, 3.63) is 34.3 Å². The molecule has 1 fully saturated rings. The molecule has 1 amide bonds. The number of piperidine rings is 1. The third-order valence-electron chi connectivity index (χ3n) is 3.92. The van der Waals surface area contributed by atoms with Gasteiger partial charge in [0.2, 0.25) is 5.91 Å². The zero-order valence-corrected chi connectivity index (χ0v) is 14.1. The Morgan fingerprint density at radius 1 is 1.50 bits per heavy atom. The van der Waals surface area contributed by atoms with Crippen molar-refractivity contribution in [2.75, 3.05) is 13.1 Å². The molecule has 0 aromatic heterocycles. The van der Waals surface area contributed by atoms with Crippen LogP contribution in [-0.2, 0) is 11.2 Å². The minimum Gasteiger partial charge on any atom is -0.338 e. The quantitative estimate of drug-likeness (QED) is 0.899. The zero-order chi connectivity index (χ0) is 13.8. The van der Waals surface area contributed by atoms with Gasteiger partial charge in [0, 0.05) is 23.6 Å². The van der Waals surface area contributed by atoms with Crippen LogP contribution in [0.25, 0.3) is 0 Å². The minimum absolute atomic E-state index is 0. The Hall–Kier alpha value is -0.580. The number of rotatable bonds is 3. The first kappa shape index (κ1) is 17.5.